The minimum Gasteiger partial charge on any atom is -0.410 e. The summed E-state index contributed by atoms with van der Waals surface area (Å²) in [5.41, 5.74) is 3.20. The number of halogens is 1. The van der Waals surface area contributed by atoms with Crippen molar-refractivity contribution in [3.8, 4) is 57.6 Å². The van der Waals surface area contributed by atoms with Crippen LogP contribution in [0.5, 0.6) is 11.5 Å². The third-order valence-corrected chi connectivity index (χ3v) is 16.2. The largest absolute Gasteiger partial charge is 0.419 e. The number of para-hydroxylation sites is 1. The fourth-order valence-corrected chi connectivity index (χ4v) is 10.8. The molecule has 14 rings (SSSR count). The summed E-state index contributed by atoms with van der Waals surface area (Å²) in [7, 11) is 0. The number of benzene rings is 2. The van der Waals surface area contributed by atoms with Crippen LogP contribution >= 0.6 is 11.6 Å². The van der Waals surface area contributed by atoms with E-state index in [4.69, 9.17) is 21.1 Å². The fraction of sp³-hybridized carbons (Fsp3) is 0.189. The molecule has 2 aromatic carbocycles. The number of amides is 6. The van der Waals surface area contributed by atoms with Crippen LogP contribution in [0, 0.1) is 49.6 Å². The first-order valence-electron chi connectivity index (χ1n) is 33.9. The zero-order valence-electron chi connectivity index (χ0n) is 59.1. The van der Waals surface area contributed by atoms with Gasteiger partial charge in [0.05, 0.1) is 15.5 Å². The van der Waals surface area contributed by atoms with E-state index in [1.54, 1.807) is 178 Å². The number of carbonyl (C=O) groups excluding carboxylic acids is 6. The summed E-state index contributed by atoms with van der Waals surface area (Å²) < 4.78 is 10.2. The number of piperidine rings is 2. The van der Waals surface area contributed by atoms with Gasteiger partial charge in [0.2, 0.25) is 35.6 Å². The van der Waals surface area contributed by atoms with Crippen LogP contribution in [0.25, 0.3) is 46.1 Å². The highest BCUT2D eigenvalue weighted by Gasteiger charge is 2.31. The van der Waals surface area contributed by atoms with Crippen LogP contribution in [-0.2, 0) is 9.59 Å². The number of aryl methyl sites for hydroxylation is 4. The van der Waals surface area contributed by atoms with Crippen LogP contribution in [0.2, 0.25) is 5.02 Å². The number of anilines is 4. The first-order valence-corrected chi connectivity index (χ1v) is 34.2. The Morgan fingerprint density at radius 1 is 0.418 bits per heavy atom. The molecule has 554 valence electrons. The van der Waals surface area contributed by atoms with E-state index in [0.29, 0.717) is 138 Å². The highest BCUT2D eigenvalue weighted by Crippen LogP contribution is 2.27. The maximum Gasteiger partial charge on any atom is 0.419 e. The molecular formula is C74H66ClN25O10. The molecule has 2 saturated heterocycles. The molecule has 110 heavy (non-hydrogen) atoms. The minimum atomic E-state index is -0.837. The van der Waals surface area contributed by atoms with Crippen LogP contribution in [0.3, 0.4) is 0 Å². The predicted octanol–water partition coefficient (Wildman–Crippen LogP) is 10.5. The van der Waals surface area contributed by atoms with Gasteiger partial charge in [-0.05, 0) is 150 Å². The Balaban J connectivity index is 0.000000146. The van der Waals surface area contributed by atoms with Gasteiger partial charge in [-0.3, -0.25) is 80.5 Å². The summed E-state index contributed by atoms with van der Waals surface area (Å²) in [6.07, 6.45) is 12.1. The Bertz CT molecular complexity index is 5010. The fourth-order valence-electron chi connectivity index (χ4n) is 10.6. The van der Waals surface area contributed by atoms with Crippen molar-refractivity contribution in [1.29, 1.82) is 0 Å². The number of carbonyl (C=O) groups is 6. The van der Waals surface area contributed by atoms with Crippen molar-refractivity contribution in [2.45, 2.75) is 53.4 Å². The Labute approximate surface area is 631 Å². The number of rotatable bonds is 15. The lowest BCUT2D eigenvalue weighted by Gasteiger charge is -2.31. The summed E-state index contributed by atoms with van der Waals surface area (Å²) in [5, 5.41) is 21.4. The second-order valence-electron chi connectivity index (χ2n) is 23.8. The van der Waals surface area contributed by atoms with E-state index in [1.807, 2.05) is 30.3 Å². The number of hydrogen-bond acceptors (Lipinski definition) is 28. The Morgan fingerprint density at radius 2 is 0.800 bits per heavy atom. The third-order valence-electron chi connectivity index (χ3n) is 15.9. The number of aromatic nitrogens is 18. The molecule has 35 nitrogen and oxygen atoms in total. The highest BCUT2D eigenvalue weighted by atomic mass is 35.5. The lowest BCUT2D eigenvalue weighted by atomic mass is 9.95. The molecule has 0 atom stereocenters. The number of nitrogens with one attached hydrogen (secondary N) is 4. The topological polar surface area (TPSA) is 451 Å². The van der Waals surface area contributed by atoms with E-state index >= 15 is 0 Å². The quantitative estimate of drug-likeness (QED) is 0.0547. The SMILES string of the molecule is Cc1nc(NC(=O)C2CCN(C(=O)c3ccccn3)CC2)nc(-c2ccccn2)n1.Cc1nc(NC(=O)C2CCN(C(=O)c3cccnc3)CC2)nc(-c2ccccn2)n1.Cc1nc(NC(=O)Oc2ccc([N+](=O)[O-])cc2)nc(-c2ccccn2)n1.Cc1nc(NC(=O)Oc2ccccc2Cl)nc(-c2ccccn2)n1. The summed E-state index contributed by atoms with van der Waals surface area (Å²) in [5.74, 6) is 3.30. The predicted molar refractivity (Wildman–Crippen MR) is 398 cm³/mol. The maximum absolute atomic E-state index is 12.7. The molecule has 2 aliphatic rings. The molecule has 0 bridgehead atoms. The maximum atomic E-state index is 12.7. The van der Waals surface area contributed by atoms with E-state index in [1.165, 1.54) is 24.3 Å². The lowest BCUT2D eigenvalue weighted by molar-refractivity contribution is -0.384. The van der Waals surface area contributed by atoms with Gasteiger partial charge in [0.15, 0.2) is 29.0 Å². The lowest BCUT2D eigenvalue weighted by Crippen LogP contribution is -2.41. The van der Waals surface area contributed by atoms with Gasteiger partial charge < -0.3 is 19.3 Å². The summed E-state index contributed by atoms with van der Waals surface area (Å²) >= 11 is 5.95. The number of hydrogen-bond donors (Lipinski definition) is 4. The number of likely N-dealkylation sites (tertiary alicyclic amines) is 2. The first-order chi connectivity index (χ1) is 53.3. The van der Waals surface area contributed by atoms with Gasteiger partial charge in [-0.1, -0.05) is 54.1 Å². The van der Waals surface area contributed by atoms with Crippen molar-refractivity contribution in [1.82, 2.24) is 99.5 Å². The molecule has 0 saturated carbocycles. The Morgan fingerprint density at radius 3 is 1.17 bits per heavy atom. The number of pyridine rings is 6. The van der Waals surface area contributed by atoms with E-state index in [0.717, 1.165) is 0 Å². The normalized spacial score (nSPS) is 12.5. The molecule has 0 aliphatic carbocycles. The summed E-state index contributed by atoms with van der Waals surface area (Å²) in [6.45, 7) is 8.87. The highest BCUT2D eigenvalue weighted by molar-refractivity contribution is 6.32. The third kappa shape index (κ3) is 22.0. The van der Waals surface area contributed by atoms with Gasteiger partial charge in [0, 0.05) is 93.5 Å². The van der Waals surface area contributed by atoms with Gasteiger partial charge in [-0.15, -0.1) is 0 Å². The Hall–Kier alpha value is -14.5. The van der Waals surface area contributed by atoms with E-state index in [9.17, 15) is 38.9 Å². The van der Waals surface area contributed by atoms with Crippen molar-refractivity contribution in [2.24, 2.45) is 11.8 Å². The van der Waals surface area contributed by atoms with Crippen LogP contribution in [0.4, 0.5) is 39.1 Å². The first kappa shape index (κ1) is 76.6. The van der Waals surface area contributed by atoms with E-state index in [-0.39, 0.29) is 76.4 Å². The monoisotopic (exact) mass is 1500 g/mol. The molecule has 2 aliphatic heterocycles. The van der Waals surface area contributed by atoms with Crippen molar-refractivity contribution in [2.75, 3.05) is 47.4 Å². The van der Waals surface area contributed by atoms with Gasteiger partial charge in [-0.2, -0.15) is 39.9 Å². The number of nitro groups is 1. The molecule has 6 amide bonds. The molecule has 10 aromatic heterocycles. The standard InChI is InChI=1S/2C21H21N7O2.C16H12ClN5O2.C16H12N6O4/c1-14-24-18(16-6-2-4-10-22-16)26-21(25-14)27-19(29)15-8-12-28(13-9-15)20(30)17-7-3-5-11-23-17;1-14-24-18(17-6-2-3-10-23-17)26-21(25-14)27-19(29)15-7-11-28(12-8-15)20(30)16-5-4-9-22-13-16;1-10-19-14(12-7-4-5-9-18-12)21-15(20-10)22-16(23)24-13-8-3-2-6-11(13)17;1-10-18-14(13-4-2-3-9-17-13)20-15(19-10)21-16(23)26-12-7-5-11(6-8-12)22(24)25/h2-7,10-11,15H,8-9,12-13H2,1H3,(H,24,25,26,27,29);2-6,9-10,13,15H,7-8,11-12H2,1H3,(H,24,25,26,27,29);2-9H,1H3,(H,19,20,21,22,23);2-9H,1H3,(H,18,19,20,21,23). The smallest absolute Gasteiger partial charge is 0.410 e. The second kappa shape index (κ2) is 37.5. The number of nitrogens with zero attached hydrogens (tertiary/aromatic N) is 21. The number of nitro benzene ring substituents is 1. The van der Waals surface area contributed by atoms with Gasteiger partial charge in [0.25, 0.3) is 17.5 Å². The van der Waals surface area contributed by atoms with Crippen molar-refractivity contribution in [3.63, 3.8) is 0 Å². The van der Waals surface area contributed by atoms with Crippen molar-refractivity contribution >= 4 is 76.9 Å². The average Bonchev–Trinajstić information content (AvgIpc) is 0.850. The van der Waals surface area contributed by atoms with Crippen molar-refractivity contribution in [3.05, 3.63) is 245 Å². The number of non-ortho nitro benzene ring substituents is 1. The number of ether oxygens (including phenoxy) is 2. The van der Waals surface area contributed by atoms with Gasteiger partial charge >= 0.3 is 12.2 Å². The molecule has 36 heteroatoms. The van der Waals surface area contributed by atoms with Crippen LogP contribution in [-0.4, -0.2) is 166 Å². The van der Waals surface area contributed by atoms with E-state index in [2.05, 4.69) is 111 Å². The molecule has 0 radical (unpaired) electrons. The summed E-state index contributed by atoms with van der Waals surface area (Å²) in [4.78, 5) is 163. The molecule has 2 fully saturated rings. The van der Waals surface area contributed by atoms with Crippen LogP contribution in [0.15, 0.2) is 195 Å². The van der Waals surface area contributed by atoms with Crippen molar-refractivity contribution < 1.29 is 43.2 Å². The zero-order valence-corrected chi connectivity index (χ0v) is 59.9. The van der Waals surface area contributed by atoms with Gasteiger partial charge in [-0.25, -0.2) is 29.5 Å². The molecule has 12 heterocycles. The molecule has 4 N–H and O–H groups in total. The summed E-state index contributed by atoms with van der Waals surface area (Å²) in [6, 6.07) is 42.1. The molecule has 0 unspecified atom stereocenters. The minimum absolute atomic E-state index is 0.00469. The van der Waals surface area contributed by atoms with Crippen LogP contribution in [0.1, 0.15) is 69.8 Å². The molecule has 12 aromatic rings. The van der Waals surface area contributed by atoms with E-state index < -0.39 is 17.1 Å². The average molecular weight is 1500 g/mol. The molecule has 0 spiro atoms. The Kier molecular flexibility index (Phi) is 26.1. The van der Waals surface area contributed by atoms with Gasteiger partial charge in [0.1, 0.15) is 57.5 Å². The molecular weight excluding hydrogens is 1430 g/mol. The zero-order chi connectivity index (χ0) is 77.3. The second-order valence-corrected chi connectivity index (χ2v) is 24.2. The van der Waals surface area contributed by atoms with Crippen LogP contribution < -0.4 is 30.7 Å².